The average molecular weight is 401 g/mol. The fourth-order valence-electron chi connectivity index (χ4n) is 2.59. The average Bonchev–Trinajstić information content (AvgIpc) is 3.23. The van der Waals surface area contributed by atoms with E-state index < -0.39 is 0 Å². The van der Waals surface area contributed by atoms with Gasteiger partial charge in [0, 0.05) is 40.7 Å². The molecule has 2 heterocycles. The molecule has 0 radical (unpaired) electrons. The first-order chi connectivity index (χ1) is 14.2. The van der Waals surface area contributed by atoms with Gasteiger partial charge < -0.3 is 5.32 Å². The molecule has 4 aromatic rings. The summed E-state index contributed by atoms with van der Waals surface area (Å²) in [5.74, 6) is -0.0751. The van der Waals surface area contributed by atoms with Crippen molar-refractivity contribution >= 4 is 34.2 Å². The summed E-state index contributed by atoms with van der Waals surface area (Å²) in [6.07, 6.45) is 3.07. The number of carbonyl (C=O) groups excluding carboxylic acids is 2. The number of aromatic nitrogens is 3. The van der Waals surface area contributed by atoms with Crippen molar-refractivity contribution in [3.8, 4) is 11.4 Å². The van der Waals surface area contributed by atoms with Gasteiger partial charge in [0.2, 0.25) is 5.13 Å². The summed E-state index contributed by atoms with van der Waals surface area (Å²) >= 11 is 1.11. The van der Waals surface area contributed by atoms with Crippen molar-refractivity contribution in [1.82, 2.24) is 14.3 Å². The van der Waals surface area contributed by atoms with E-state index in [4.69, 9.17) is 0 Å². The topological polar surface area (TPSA) is 96.9 Å². The SMILES string of the molecule is O=C(Nc1cccc(C(=O)Nc2nc(-c3ccccc3)ns2)c1)c1cccnc1. The molecule has 2 amide bonds. The molecule has 2 N–H and O–H groups in total. The van der Waals surface area contributed by atoms with Crippen LogP contribution in [0.15, 0.2) is 79.1 Å². The summed E-state index contributed by atoms with van der Waals surface area (Å²) < 4.78 is 4.28. The van der Waals surface area contributed by atoms with E-state index in [-0.39, 0.29) is 11.8 Å². The van der Waals surface area contributed by atoms with Gasteiger partial charge in [-0.1, -0.05) is 36.4 Å². The molecule has 0 unspecified atom stereocenters. The lowest BCUT2D eigenvalue weighted by molar-refractivity contribution is 0.101. The van der Waals surface area contributed by atoms with E-state index in [0.717, 1.165) is 17.1 Å². The third-order valence-corrected chi connectivity index (χ3v) is 4.62. The first kappa shape index (κ1) is 18.5. The molecule has 0 bridgehead atoms. The summed E-state index contributed by atoms with van der Waals surface area (Å²) in [6, 6.07) is 19.6. The monoisotopic (exact) mass is 401 g/mol. The number of nitrogens with zero attached hydrogens (tertiary/aromatic N) is 3. The molecule has 0 fully saturated rings. The van der Waals surface area contributed by atoms with Crippen molar-refractivity contribution in [3.63, 3.8) is 0 Å². The fraction of sp³-hybridized carbons (Fsp3) is 0. The number of hydrogen-bond acceptors (Lipinski definition) is 6. The number of rotatable bonds is 5. The predicted octanol–water partition coefficient (Wildman–Crippen LogP) is 4.10. The lowest BCUT2D eigenvalue weighted by Gasteiger charge is -2.07. The molecule has 2 aromatic carbocycles. The molecule has 0 aliphatic carbocycles. The molecule has 8 heteroatoms. The van der Waals surface area contributed by atoms with E-state index >= 15 is 0 Å². The second kappa shape index (κ2) is 8.41. The molecular formula is C21H15N5O2S. The molecule has 7 nitrogen and oxygen atoms in total. The second-order valence-corrected chi connectivity index (χ2v) is 6.77. The van der Waals surface area contributed by atoms with Gasteiger partial charge in [0.25, 0.3) is 11.8 Å². The summed E-state index contributed by atoms with van der Waals surface area (Å²) in [4.78, 5) is 33.1. The molecule has 0 saturated carbocycles. The minimum absolute atomic E-state index is 0.299. The molecule has 0 aliphatic rings. The predicted molar refractivity (Wildman–Crippen MR) is 112 cm³/mol. The molecule has 0 atom stereocenters. The van der Waals surface area contributed by atoms with Crippen LogP contribution in [-0.2, 0) is 0 Å². The fourth-order valence-corrected chi connectivity index (χ4v) is 3.17. The smallest absolute Gasteiger partial charge is 0.257 e. The van der Waals surface area contributed by atoms with Crippen LogP contribution in [0.1, 0.15) is 20.7 Å². The highest BCUT2D eigenvalue weighted by Crippen LogP contribution is 2.21. The summed E-state index contributed by atoms with van der Waals surface area (Å²) in [5, 5.41) is 5.90. The summed E-state index contributed by atoms with van der Waals surface area (Å²) in [6.45, 7) is 0. The van der Waals surface area contributed by atoms with Gasteiger partial charge in [-0.3, -0.25) is 19.9 Å². The van der Waals surface area contributed by atoms with Crippen molar-refractivity contribution in [1.29, 1.82) is 0 Å². The van der Waals surface area contributed by atoms with Crippen LogP contribution in [0, 0.1) is 0 Å². The van der Waals surface area contributed by atoms with Gasteiger partial charge in [-0.05, 0) is 30.3 Å². The maximum atomic E-state index is 12.6. The third kappa shape index (κ3) is 4.50. The van der Waals surface area contributed by atoms with Crippen LogP contribution in [-0.4, -0.2) is 26.2 Å². The number of nitrogens with one attached hydrogen (secondary N) is 2. The first-order valence-electron chi connectivity index (χ1n) is 8.71. The van der Waals surface area contributed by atoms with Gasteiger partial charge in [0.05, 0.1) is 5.56 Å². The highest BCUT2D eigenvalue weighted by atomic mass is 32.1. The zero-order chi connectivity index (χ0) is 20.1. The molecular weight excluding hydrogens is 386 g/mol. The Morgan fingerprint density at radius 2 is 1.62 bits per heavy atom. The Balaban J connectivity index is 1.45. The Labute approximate surface area is 170 Å². The van der Waals surface area contributed by atoms with Crippen LogP contribution in [0.2, 0.25) is 0 Å². The lowest BCUT2D eigenvalue weighted by atomic mass is 10.2. The second-order valence-electron chi connectivity index (χ2n) is 6.02. The normalized spacial score (nSPS) is 10.3. The van der Waals surface area contributed by atoms with E-state index in [1.54, 1.807) is 42.6 Å². The molecule has 142 valence electrons. The van der Waals surface area contributed by atoms with Crippen LogP contribution in [0.4, 0.5) is 10.8 Å². The van der Waals surface area contributed by atoms with Crippen LogP contribution >= 0.6 is 11.5 Å². The van der Waals surface area contributed by atoms with Crippen molar-refractivity contribution in [2.24, 2.45) is 0 Å². The molecule has 2 aromatic heterocycles. The Morgan fingerprint density at radius 1 is 0.828 bits per heavy atom. The highest BCUT2D eigenvalue weighted by Gasteiger charge is 2.13. The first-order valence-corrected chi connectivity index (χ1v) is 9.48. The Hall–Kier alpha value is -3.91. The zero-order valence-electron chi connectivity index (χ0n) is 15.1. The van der Waals surface area contributed by atoms with E-state index in [1.165, 1.54) is 6.20 Å². The highest BCUT2D eigenvalue weighted by molar-refractivity contribution is 7.10. The van der Waals surface area contributed by atoms with Gasteiger partial charge in [-0.25, -0.2) is 0 Å². The van der Waals surface area contributed by atoms with Crippen molar-refractivity contribution in [2.45, 2.75) is 0 Å². The molecule has 0 saturated heterocycles. The van der Waals surface area contributed by atoms with E-state index in [0.29, 0.717) is 27.8 Å². The van der Waals surface area contributed by atoms with Gasteiger partial charge in [-0.2, -0.15) is 9.36 Å². The van der Waals surface area contributed by atoms with E-state index in [9.17, 15) is 9.59 Å². The molecule has 0 aliphatic heterocycles. The van der Waals surface area contributed by atoms with Gasteiger partial charge >= 0.3 is 0 Å². The summed E-state index contributed by atoms with van der Waals surface area (Å²) in [5.41, 5.74) is 2.22. The minimum Gasteiger partial charge on any atom is -0.322 e. The van der Waals surface area contributed by atoms with Gasteiger partial charge in [0.15, 0.2) is 5.82 Å². The number of benzene rings is 2. The van der Waals surface area contributed by atoms with E-state index in [1.807, 2.05) is 30.3 Å². The minimum atomic E-state index is -0.335. The Bertz CT molecular complexity index is 1150. The quantitative estimate of drug-likeness (QED) is 0.525. The largest absolute Gasteiger partial charge is 0.322 e. The maximum absolute atomic E-state index is 12.6. The Morgan fingerprint density at radius 3 is 2.41 bits per heavy atom. The Kier molecular flexibility index (Phi) is 5.35. The molecule has 29 heavy (non-hydrogen) atoms. The number of hydrogen-bond donors (Lipinski definition) is 2. The van der Waals surface area contributed by atoms with Crippen LogP contribution in [0.25, 0.3) is 11.4 Å². The summed E-state index contributed by atoms with van der Waals surface area (Å²) in [7, 11) is 0. The van der Waals surface area contributed by atoms with E-state index in [2.05, 4.69) is 25.0 Å². The number of amides is 2. The number of carbonyl (C=O) groups is 2. The molecule has 0 spiro atoms. The number of pyridine rings is 1. The lowest BCUT2D eigenvalue weighted by Crippen LogP contribution is -2.14. The standard InChI is InChI=1S/C21H15N5O2S/c27-19(25-21-24-18(26-29-21)14-6-2-1-3-7-14)15-8-4-10-17(12-15)23-20(28)16-9-5-11-22-13-16/h1-13H,(H,23,28)(H,24,25,26,27). The van der Waals surface area contributed by atoms with Gasteiger partial charge in [0.1, 0.15) is 0 Å². The van der Waals surface area contributed by atoms with Crippen LogP contribution < -0.4 is 10.6 Å². The van der Waals surface area contributed by atoms with Crippen LogP contribution in [0.5, 0.6) is 0 Å². The molecule has 4 rings (SSSR count). The zero-order valence-corrected chi connectivity index (χ0v) is 15.9. The van der Waals surface area contributed by atoms with Gasteiger partial charge in [-0.15, -0.1) is 0 Å². The van der Waals surface area contributed by atoms with Crippen molar-refractivity contribution in [3.05, 3.63) is 90.3 Å². The van der Waals surface area contributed by atoms with Crippen molar-refractivity contribution < 1.29 is 9.59 Å². The van der Waals surface area contributed by atoms with Crippen LogP contribution in [0.3, 0.4) is 0 Å². The van der Waals surface area contributed by atoms with Crippen molar-refractivity contribution in [2.75, 3.05) is 10.6 Å². The maximum Gasteiger partial charge on any atom is 0.257 e. The number of anilines is 2. The third-order valence-electron chi connectivity index (χ3n) is 3.98.